The van der Waals surface area contributed by atoms with Crippen molar-refractivity contribution in [2.75, 3.05) is 13.1 Å². The molecule has 0 bridgehead atoms. The Labute approximate surface area is 229 Å². The second-order valence-electron chi connectivity index (χ2n) is 11.2. The van der Waals surface area contributed by atoms with Crippen molar-refractivity contribution >= 4 is 23.7 Å². The number of β-amino-alcohol motifs (C(OH)–C–C–N with tert-alkyl or cyclic N) is 1. The summed E-state index contributed by atoms with van der Waals surface area (Å²) in [5, 5.41) is 20.7. The third kappa shape index (κ3) is 7.26. The molecule has 0 radical (unpaired) electrons. The van der Waals surface area contributed by atoms with Crippen molar-refractivity contribution in [1.82, 2.24) is 30.2 Å². The third-order valence-corrected chi connectivity index (χ3v) is 7.63. The van der Waals surface area contributed by atoms with Gasteiger partial charge in [-0.2, -0.15) is 0 Å². The molecule has 2 aromatic heterocycles. The van der Waals surface area contributed by atoms with Crippen LogP contribution in [-0.2, 0) is 9.59 Å². The summed E-state index contributed by atoms with van der Waals surface area (Å²) in [7, 11) is 0. The first-order chi connectivity index (χ1) is 17.9. The van der Waals surface area contributed by atoms with E-state index < -0.39 is 12.1 Å². The summed E-state index contributed by atoms with van der Waals surface area (Å²) in [5.74, 6) is 0.294. The predicted octanol–water partition coefficient (Wildman–Crippen LogP) is 4.51. The van der Waals surface area contributed by atoms with Crippen LogP contribution in [-0.4, -0.2) is 61.5 Å². The van der Waals surface area contributed by atoms with Gasteiger partial charge in [-0.05, 0) is 42.7 Å². The molecule has 0 spiro atoms. The minimum absolute atomic E-state index is 0.0132. The summed E-state index contributed by atoms with van der Waals surface area (Å²) < 4.78 is 1.68. The van der Waals surface area contributed by atoms with Crippen molar-refractivity contribution in [1.29, 1.82) is 0 Å². The maximum atomic E-state index is 12.8. The van der Waals surface area contributed by atoms with E-state index in [1.165, 1.54) is 10.4 Å². The number of hydrogen-bond acceptors (Lipinski definition) is 7. The minimum atomic E-state index is -0.406. The van der Waals surface area contributed by atoms with Crippen LogP contribution in [0.5, 0.6) is 0 Å². The summed E-state index contributed by atoms with van der Waals surface area (Å²) >= 11 is 1.64. The average molecular weight is 541 g/mol. The lowest BCUT2D eigenvalue weighted by Crippen LogP contribution is -2.42. The summed E-state index contributed by atoms with van der Waals surface area (Å²) in [6.45, 7) is 15.2. The van der Waals surface area contributed by atoms with Crippen molar-refractivity contribution in [3.63, 3.8) is 0 Å². The first kappa shape index (κ1) is 29.4. The minimum Gasteiger partial charge on any atom is -0.391 e. The van der Waals surface area contributed by atoms with E-state index in [9.17, 15) is 14.7 Å². The first-order valence-corrected chi connectivity index (χ1v) is 13.9. The Morgan fingerprint density at radius 2 is 1.89 bits per heavy atom. The smallest absolute Gasteiger partial charge is 0.248 e. The molecule has 1 aliphatic heterocycles. The van der Waals surface area contributed by atoms with Crippen LogP contribution in [0.4, 0.5) is 0 Å². The number of hydrogen-bond donors (Lipinski definition) is 2. The van der Waals surface area contributed by atoms with Crippen LogP contribution in [0, 0.1) is 12.3 Å². The van der Waals surface area contributed by atoms with Gasteiger partial charge in [0, 0.05) is 19.3 Å². The normalized spacial score (nSPS) is 17.1. The van der Waals surface area contributed by atoms with Gasteiger partial charge in [-0.25, -0.2) is 9.67 Å². The van der Waals surface area contributed by atoms with Crippen LogP contribution in [0.2, 0.25) is 0 Å². The number of carbonyl (C=O) groups excluding carboxylic acids is 2. The molecule has 38 heavy (non-hydrogen) atoms. The summed E-state index contributed by atoms with van der Waals surface area (Å²) in [6.07, 6.45) is 2.84. The molecule has 2 amide bonds. The van der Waals surface area contributed by atoms with Gasteiger partial charge < -0.3 is 15.3 Å². The topological polar surface area (TPSA) is 113 Å². The molecule has 206 valence electrons. The number of rotatable bonds is 7. The van der Waals surface area contributed by atoms with Crippen LogP contribution >= 0.6 is 11.3 Å². The van der Waals surface area contributed by atoms with E-state index in [2.05, 4.69) is 46.6 Å². The summed E-state index contributed by atoms with van der Waals surface area (Å²) in [5.41, 5.74) is 5.80. The van der Waals surface area contributed by atoms with E-state index >= 15 is 0 Å². The fourth-order valence-corrected chi connectivity index (χ4v) is 5.19. The second kappa shape index (κ2) is 12.6. The molecule has 0 aliphatic carbocycles. The number of benzene rings is 1. The van der Waals surface area contributed by atoms with Crippen LogP contribution in [0.25, 0.3) is 10.4 Å². The van der Waals surface area contributed by atoms with E-state index in [1.807, 2.05) is 58.5 Å². The van der Waals surface area contributed by atoms with Crippen molar-refractivity contribution in [3.8, 4) is 10.4 Å². The van der Waals surface area contributed by atoms with Crippen LogP contribution in [0.3, 0.4) is 0 Å². The molecule has 10 heteroatoms. The quantitative estimate of drug-likeness (QED) is 0.427. The van der Waals surface area contributed by atoms with Gasteiger partial charge in [0.2, 0.25) is 12.3 Å². The molecule has 3 unspecified atom stereocenters. The van der Waals surface area contributed by atoms with Gasteiger partial charge in [-0.1, -0.05) is 64.1 Å². The first-order valence-electron chi connectivity index (χ1n) is 13.0. The third-order valence-electron chi connectivity index (χ3n) is 6.65. The number of aryl methyl sites for hydroxylation is 1. The van der Waals surface area contributed by atoms with Crippen LogP contribution in [0.15, 0.2) is 36.0 Å². The molecular weight excluding hydrogens is 500 g/mol. The summed E-state index contributed by atoms with van der Waals surface area (Å²) in [4.78, 5) is 30.4. The number of aliphatic hydroxyl groups excluding tert-OH is 1. The van der Waals surface area contributed by atoms with Crippen molar-refractivity contribution < 1.29 is 14.7 Å². The molecular formula is C28H40N6O3S. The van der Waals surface area contributed by atoms with Crippen molar-refractivity contribution in [2.45, 2.75) is 79.0 Å². The van der Waals surface area contributed by atoms with Crippen LogP contribution < -0.4 is 5.32 Å². The number of amides is 2. The van der Waals surface area contributed by atoms with Crippen molar-refractivity contribution in [2.24, 2.45) is 5.41 Å². The SMILES string of the molecule is CC(C)c1cn(C(C(=O)N2CCC(O)C2)C(C)(C)C)nn1.Cc1ncsc1-c1ccc(C(C)NC=O)cc1. The molecule has 1 aliphatic rings. The van der Waals surface area contributed by atoms with E-state index in [4.69, 9.17) is 0 Å². The van der Waals surface area contributed by atoms with Crippen molar-refractivity contribution in [3.05, 3.63) is 52.9 Å². The fraction of sp³-hybridized carbons (Fsp3) is 0.536. The number of likely N-dealkylation sites (tertiary alicyclic amines) is 1. The highest BCUT2D eigenvalue weighted by atomic mass is 32.1. The molecule has 2 N–H and O–H groups in total. The predicted molar refractivity (Wildman–Crippen MR) is 150 cm³/mol. The molecule has 9 nitrogen and oxygen atoms in total. The highest BCUT2D eigenvalue weighted by molar-refractivity contribution is 7.13. The average Bonchev–Trinajstić information content (AvgIpc) is 3.60. The van der Waals surface area contributed by atoms with Gasteiger partial charge in [0.05, 0.1) is 33.9 Å². The second-order valence-corrected chi connectivity index (χ2v) is 12.0. The number of nitrogens with one attached hydrogen (secondary N) is 1. The van der Waals surface area contributed by atoms with E-state index in [1.54, 1.807) is 20.9 Å². The lowest BCUT2D eigenvalue weighted by molar-refractivity contribution is -0.137. The Morgan fingerprint density at radius 1 is 1.21 bits per heavy atom. The van der Waals surface area contributed by atoms with Gasteiger partial charge in [0.1, 0.15) is 6.04 Å². The highest BCUT2D eigenvalue weighted by Gasteiger charge is 2.39. The Morgan fingerprint density at radius 3 is 2.37 bits per heavy atom. The molecule has 3 aromatic rings. The Kier molecular flexibility index (Phi) is 9.78. The zero-order chi connectivity index (χ0) is 28.0. The number of carbonyl (C=O) groups is 2. The number of aliphatic hydroxyl groups is 1. The monoisotopic (exact) mass is 540 g/mol. The lowest BCUT2D eigenvalue weighted by atomic mass is 9.86. The van der Waals surface area contributed by atoms with Gasteiger partial charge in [-0.3, -0.25) is 9.59 Å². The van der Waals surface area contributed by atoms with Gasteiger partial charge in [-0.15, -0.1) is 16.4 Å². The van der Waals surface area contributed by atoms with E-state index in [0.29, 0.717) is 19.5 Å². The molecule has 1 saturated heterocycles. The highest BCUT2D eigenvalue weighted by Crippen LogP contribution is 2.33. The van der Waals surface area contributed by atoms with Gasteiger partial charge >= 0.3 is 0 Å². The number of thiazole rings is 1. The standard InChI is InChI=1S/C15H26N4O2.C13H14N2OS/c1-10(2)12-9-19(17-16-12)13(15(3,4)5)14(21)18-7-6-11(20)8-18;1-9(14-7-16)11-3-5-12(6-4-11)13-10(2)15-8-17-13/h9-11,13,20H,6-8H2,1-5H3;3-9H,1-2H3,(H,14,16). The van der Waals surface area contributed by atoms with Gasteiger partial charge in [0.15, 0.2) is 0 Å². The number of nitrogens with zero attached hydrogens (tertiary/aromatic N) is 5. The molecule has 3 atom stereocenters. The largest absolute Gasteiger partial charge is 0.391 e. The Hall–Kier alpha value is -3.11. The lowest BCUT2D eigenvalue weighted by Gasteiger charge is -2.32. The van der Waals surface area contributed by atoms with Gasteiger partial charge in [0.25, 0.3) is 0 Å². The molecule has 1 aromatic carbocycles. The Bertz CT molecular complexity index is 1200. The fourth-order valence-electron chi connectivity index (χ4n) is 4.38. The van der Waals surface area contributed by atoms with Crippen LogP contribution in [0.1, 0.15) is 82.9 Å². The maximum Gasteiger partial charge on any atom is 0.248 e. The number of aromatic nitrogens is 4. The molecule has 4 rings (SSSR count). The van der Waals surface area contributed by atoms with E-state index in [-0.39, 0.29) is 23.3 Å². The maximum absolute atomic E-state index is 12.8. The molecule has 0 saturated carbocycles. The zero-order valence-electron chi connectivity index (χ0n) is 23.4. The summed E-state index contributed by atoms with van der Waals surface area (Å²) in [6, 6.07) is 7.86. The Balaban J connectivity index is 0.000000215. The zero-order valence-corrected chi connectivity index (χ0v) is 24.2. The molecule has 3 heterocycles. The molecule has 1 fully saturated rings. The van der Waals surface area contributed by atoms with E-state index in [0.717, 1.165) is 23.4 Å².